The number of benzene rings is 1. The van der Waals surface area contributed by atoms with Crippen molar-refractivity contribution in [3.8, 4) is 5.75 Å². The van der Waals surface area contributed by atoms with Gasteiger partial charge in [0.2, 0.25) is 5.91 Å². The monoisotopic (exact) mass is 206 g/mol. The number of nitrogens with two attached hydrogens (primary N) is 1. The molecular formula is C11H14N2O2. The maximum Gasteiger partial charge on any atom is 0.243 e. The van der Waals surface area contributed by atoms with E-state index in [0.717, 1.165) is 17.9 Å². The number of carbonyl (C=O) groups excluding carboxylic acids is 1. The van der Waals surface area contributed by atoms with Crippen molar-refractivity contribution >= 4 is 11.6 Å². The minimum absolute atomic E-state index is 0.000154. The topological polar surface area (TPSA) is 55.6 Å². The van der Waals surface area contributed by atoms with Gasteiger partial charge >= 0.3 is 0 Å². The van der Waals surface area contributed by atoms with Gasteiger partial charge < -0.3 is 15.4 Å². The molecule has 4 heteroatoms. The molecule has 1 saturated heterocycles. The summed E-state index contributed by atoms with van der Waals surface area (Å²) in [5.41, 5.74) is 6.53. The summed E-state index contributed by atoms with van der Waals surface area (Å²) in [7, 11) is 1.62. The Kier molecular flexibility index (Phi) is 2.60. The summed E-state index contributed by atoms with van der Waals surface area (Å²) in [4.78, 5) is 13.3. The van der Waals surface area contributed by atoms with Gasteiger partial charge in [-0.05, 0) is 30.7 Å². The second-order valence-electron chi connectivity index (χ2n) is 3.58. The van der Waals surface area contributed by atoms with Gasteiger partial charge in [-0.25, -0.2) is 0 Å². The number of methoxy groups -OCH3 is 1. The highest BCUT2D eigenvalue weighted by atomic mass is 16.5. The second-order valence-corrected chi connectivity index (χ2v) is 3.58. The Hall–Kier alpha value is -1.55. The van der Waals surface area contributed by atoms with Crippen LogP contribution < -0.4 is 15.4 Å². The van der Waals surface area contributed by atoms with Crippen molar-refractivity contribution in [3.05, 3.63) is 24.3 Å². The predicted molar refractivity (Wildman–Crippen MR) is 57.9 cm³/mol. The molecule has 1 atom stereocenters. The van der Waals surface area contributed by atoms with Crippen LogP contribution in [0.25, 0.3) is 0 Å². The normalized spacial score (nSPS) is 20.8. The van der Waals surface area contributed by atoms with E-state index in [4.69, 9.17) is 10.5 Å². The molecule has 1 aromatic carbocycles. The van der Waals surface area contributed by atoms with Gasteiger partial charge in [-0.3, -0.25) is 4.79 Å². The van der Waals surface area contributed by atoms with E-state index < -0.39 is 0 Å². The molecule has 0 aliphatic carbocycles. The Balaban J connectivity index is 2.19. The molecule has 1 heterocycles. The Labute approximate surface area is 88.6 Å². The zero-order valence-corrected chi connectivity index (χ0v) is 8.64. The molecule has 0 unspecified atom stereocenters. The number of ether oxygens (including phenoxy) is 1. The van der Waals surface area contributed by atoms with Crippen LogP contribution in [-0.2, 0) is 4.79 Å². The van der Waals surface area contributed by atoms with Crippen LogP contribution >= 0.6 is 0 Å². The quantitative estimate of drug-likeness (QED) is 0.777. The zero-order valence-electron chi connectivity index (χ0n) is 8.64. The van der Waals surface area contributed by atoms with Crippen LogP contribution in [0.4, 0.5) is 5.69 Å². The van der Waals surface area contributed by atoms with Crippen LogP contribution in [0.15, 0.2) is 24.3 Å². The smallest absolute Gasteiger partial charge is 0.243 e. The number of hydrogen-bond acceptors (Lipinski definition) is 3. The maximum atomic E-state index is 11.6. The molecule has 80 valence electrons. The van der Waals surface area contributed by atoms with Gasteiger partial charge in [0, 0.05) is 12.2 Å². The van der Waals surface area contributed by atoms with Gasteiger partial charge in [0.05, 0.1) is 13.2 Å². The molecule has 1 aromatic rings. The second kappa shape index (κ2) is 3.90. The first kappa shape index (κ1) is 9.98. The number of nitrogens with zero attached hydrogens (tertiary/aromatic N) is 1. The number of rotatable bonds is 2. The lowest BCUT2D eigenvalue weighted by Gasteiger charge is -2.16. The Morgan fingerprint density at radius 2 is 2.07 bits per heavy atom. The lowest BCUT2D eigenvalue weighted by molar-refractivity contribution is -0.118. The Morgan fingerprint density at radius 3 is 2.53 bits per heavy atom. The maximum absolute atomic E-state index is 11.6. The third kappa shape index (κ3) is 1.80. The molecule has 1 aliphatic heterocycles. The van der Waals surface area contributed by atoms with Crippen LogP contribution in [-0.4, -0.2) is 25.6 Å². The Bertz CT molecular complexity index is 361. The summed E-state index contributed by atoms with van der Waals surface area (Å²) in [6.45, 7) is 0.701. The third-order valence-electron chi connectivity index (χ3n) is 2.63. The van der Waals surface area contributed by atoms with E-state index in [9.17, 15) is 4.79 Å². The highest BCUT2D eigenvalue weighted by Crippen LogP contribution is 2.23. The molecule has 1 fully saturated rings. The van der Waals surface area contributed by atoms with Gasteiger partial charge in [0.25, 0.3) is 0 Å². The van der Waals surface area contributed by atoms with Crippen molar-refractivity contribution in [2.45, 2.75) is 12.5 Å². The van der Waals surface area contributed by atoms with Crippen molar-refractivity contribution in [3.63, 3.8) is 0 Å². The van der Waals surface area contributed by atoms with Crippen LogP contribution in [0.3, 0.4) is 0 Å². The van der Waals surface area contributed by atoms with E-state index in [-0.39, 0.29) is 11.9 Å². The summed E-state index contributed by atoms with van der Waals surface area (Å²) in [5, 5.41) is 0. The first-order valence-electron chi connectivity index (χ1n) is 4.93. The molecule has 2 N–H and O–H groups in total. The molecule has 2 rings (SSSR count). The van der Waals surface area contributed by atoms with Gasteiger partial charge in [0.15, 0.2) is 0 Å². The van der Waals surface area contributed by atoms with E-state index in [1.54, 1.807) is 12.0 Å². The molecule has 0 aromatic heterocycles. The van der Waals surface area contributed by atoms with E-state index in [0.29, 0.717) is 6.54 Å². The van der Waals surface area contributed by atoms with E-state index in [1.807, 2.05) is 24.3 Å². The van der Waals surface area contributed by atoms with Crippen molar-refractivity contribution in [1.82, 2.24) is 0 Å². The van der Waals surface area contributed by atoms with Crippen LogP contribution in [0, 0.1) is 0 Å². The fourth-order valence-corrected chi connectivity index (χ4v) is 1.72. The molecule has 0 spiro atoms. The number of hydrogen-bond donors (Lipinski definition) is 1. The van der Waals surface area contributed by atoms with Crippen LogP contribution in [0.2, 0.25) is 0 Å². The highest BCUT2D eigenvalue weighted by molar-refractivity contribution is 5.99. The molecule has 1 amide bonds. The first-order valence-corrected chi connectivity index (χ1v) is 4.93. The molecule has 1 aliphatic rings. The van der Waals surface area contributed by atoms with Gasteiger partial charge in [0.1, 0.15) is 5.75 Å². The molecule has 0 radical (unpaired) electrons. The molecule has 0 bridgehead atoms. The van der Waals surface area contributed by atoms with Gasteiger partial charge in [-0.1, -0.05) is 0 Å². The lowest BCUT2D eigenvalue weighted by Crippen LogP contribution is -2.33. The summed E-state index contributed by atoms with van der Waals surface area (Å²) < 4.78 is 5.05. The van der Waals surface area contributed by atoms with Crippen molar-refractivity contribution in [2.24, 2.45) is 5.73 Å². The van der Waals surface area contributed by atoms with Gasteiger partial charge in [-0.2, -0.15) is 0 Å². The fourth-order valence-electron chi connectivity index (χ4n) is 1.72. The van der Waals surface area contributed by atoms with E-state index in [1.165, 1.54) is 0 Å². The number of amides is 1. The minimum atomic E-state index is -0.341. The van der Waals surface area contributed by atoms with Crippen molar-refractivity contribution < 1.29 is 9.53 Å². The van der Waals surface area contributed by atoms with Crippen molar-refractivity contribution in [2.75, 3.05) is 18.6 Å². The van der Waals surface area contributed by atoms with Crippen LogP contribution in [0.1, 0.15) is 6.42 Å². The minimum Gasteiger partial charge on any atom is -0.497 e. The Morgan fingerprint density at radius 1 is 1.40 bits per heavy atom. The largest absolute Gasteiger partial charge is 0.497 e. The summed E-state index contributed by atoms with van der Waals surface area (Å²) in [6, 6.07) is 7.08. The molecule has 15 heavy (non-hydrogen) atoms. The average molecular weight is 206 g/mol. The summed E-state index contributed by atoms with van der Waals surface area (Å²) in [5.74, 6) is 0.787. The van der Waals surface area contributed by atoms with Gasteiger partial charge in [-0.15, -0.1) is 0 Å². The predicted octanol–water partition coefficient (Wildman–Crippen LogP) is 0.759. The first-order chi connectivity index (χ1) is 7.22. The summed E-state index contributed by atoms with van der Waals surface area (Å²) in [6.07, 6.45) is 0.727. The average Bonchev–Trinajstić information content (AvgIpc) is 2.60. The standard InChI is InChI=1S/C11H14N2O2/c1-15-9-4-2-8(3-5-9)13-7-6-10(12)11(13)14/h2-5,10H,6-7,12H2,1H3/t10-/m0/s1. The third-order valence-corrected chi connectivity index (χ3v) is 2.63. The SMILES string of the molecule is COc1ccc(N2CC[C@H](N)C2=O)cc1. The number of carbonyl (C=O) groups is 1. The fraction of sp³-hybridized carbons (Fsp3) is 0.364. The molecular weight excluding hydrogens is 192 g/mol. The highest BCUT2D eigenvalue weighted by Gasteiger charge is 2.29. The summed E-state index contributed by atoms with van der Waals surface area (Å²) >= 11 is 0. The lowest BCUT2D eigenvalue weighted by atomic mass is 10.2. The number of anilines is 1. The van der Waals surface area contributed by atoms with Crippen molar-refractivity contribution in [1.29, 1.82) is 0 Å². The molecule has 4 nitrogen and oxygen atoms in total. The van der Waals surface area contributed by atoms with Crippen LogP contribution in [0.5, 0.6) is 5.75 Å². The van der Waals surface area contributed by atoms with E-state index in [2.05, 4.69) is 0 Å². The van der Waals surface area contributed by atoms with E-state index >= 15 is 0 Å². The molecule has 0 saturated carbocycles. The zero-order chi connectivity index (χ0) is 10.8.